The van der Waals surface area contributed by atoms with Crippen LogP contribution >= 0.6 is 0 Å². The number of fused-ring (bicyclic) bond motifs is 1. The summed E-state index contributed by atoms with van der Waals surface area (Å²) in [4.78, 5) is 8.68. The van der Waals surface area contributed by atoms with Gasteiger partial charge in [0.2, 0.25) is 5.88 Å². The van der Waals surface area contributed by atoms with E-state index >= 15 is 0 Å². The third-order valence-electron chi connectivity index (χ3n) is 4.77. The van der Waals surface area contributed by atoms with Crippen LogP contribution in [-0.2, 0) is 19.4 Å². The van der Waals surface area contributed by atoms with Gasteiger partial charge in [-0.1, -0.05) is 6.07 Å². The highest BCUT2D eigenvalue weighted by Crippen LogP contribution is 2.29. The minimum absolute atomic E-state index is 0.426. The maximum absolute atomic E-state index is 6.04. The summed E-state index contributed by atoms with van der Waals surface area (Å²) >= 11 is 0. The number of anilines is 1. The van der Waals surface area contributed by atoms with Crippen LogP contribution in [0.5, 0.6) is 5.88 Å². The molecule has 2 aliphatic carbocycles. The highest BCUT2D eigenvalue weighted by Gasteiger charge is 2.22. The number of aryl methyl sites for hydroxylation is 2. The summed E-state index contributed by atoms with van der Waals surface area (Å²) in [7, 11) is 0. The average molecular weight is 336 g/mol. The molecule has 3 N–H and O–H groups in total. The molecule has 2 aromatic rings. The summed E-state index contributed by atoms with van der Waals surface area (Å²) in [6, 6.07) is 10.3. The van der Waals surface area contributed by atoms with Crippen molar-refractivity contribution in [3.8, 4) is 5.88 Å². The summed E-state index contributed by atoms with van der Waals surface area (Å²) < 4.78 is 5.71. The third-order valence-corrected chi connectivity index (χ3v) is 4.77. The molecule has 5 heteroatoms. The van der Waals surface area contributed by atoms with Gasteiger partial charge in [0.05, 0.1) is 13.2 Å². The molecule has 130 valence electrons. The second-order valence-electron chi connectivity index (χ2n) is 6.92. The lowest BCUT2D eigenvalue weighted by molar-refractivity contribution is 0.288. The van der Waals surface area contributed by atoms with Crippen molar-refractivity contribution in [3.63, 3.8) is 0 Å². The van der Waals surface area contributed by atoms with Gasteiger partial charge in [0.1, 0.15) is 0 Å². The number of rotatable bonds is 6. The Morgan fingerprint density at radius 3 is 2.96 bits per heavy atom. The van der Waals surface area contributed by atoms with E-state index < -0.39 is 0 Å². The second kappa shape index (κ2) is 7.13. The van der Waals surface area contributed by atoms with Gasteiger partial charge < -0.3 is 15.8 Å². The number of aromatic nitrogens is 1. The molecule has 1 aromatic heterocycles. The number of benzene rings is 1. The number of nitrogens with one attached hydrogen (secondary N) is 1. The fourth-order valence-electron chi connectivity index (χ4n) is 3.13. The second-order valence-corrected chi connectivity index (χ2v) is 6.92. The third kappa shape index (κ3) is 4.29. The van der Waals surface area contributed by atoms with Gasteiger partial charge in [0.25, 0.3) is 0 Å². The summed E-state index contributed by atoms with van der Waals surface area (Å²) in [6.07, 6.45) is 7.89. The Hall–Kier alpha value is -2.56. The summed E-state index contributed by atoms with van der Waals surface area (Å²) in [6.45, 7) is 1.27. The Kier molecular flexibility index (Phi) is 4.55. The molecule has 1 fully saturated rings. The highest BCUT2D eigenvalue weighted by atomic mass is 16.5. The van der Waals surface area contributed by atoms with Crippen molar-refractivity contribution in [2.75, 3.05) is 11.9 Å². The molecule has 0 amide bonds. The van der Waals surface area contributed by atoms with E-state index in [1.807, 2.05) is 12.1 Å². The van der Waals surface area contributed by atoms with Crippen LogP contribution in [0.25, 0.3) is 0 Å². The van der Waals surface area contributed by atoms with Gasteiger partial charge in [0, 0.05) is 18.0 Å². The average Bonchev–Trinajstić information content (AvgIpc) is 3.34. The highest BCUT2D eigenvalue weighted by molar-refractivity contribution is 5.92. The molecule has 0 aliphatic heterocycles. The van der Waals surface area contributed by atoms with Gasteiger partial charge in [-0.15, -0.1) is 0 Å². The Labute approximate surface area is 148 Å². The van der Waals surface area contributed by atoms with Gasteiger partial charge in [-0.25, -0.2) is 9.98 Å². The molecule has 0 unspecified atom stereocenters. The van der Waals surface area contributed by atoms with E-state index in [-0.39, 0.29) is 0 Å². The van der Waals surface area contributed by atoms with Gasteiger partial charge in [-0.2, -0.15) is 0 Å². The van der Waals surface area contributed by atoms with Crippen LogP contribution in [0.15, 0.2) is 41.5 Å². The zero-order valence-corrected chi connectivity index (χ0v) is 14.4. The predicted molar refractivity (Wildman–Crippen MR) is 99.9 cm³/mol. The first kappa shape index (κ1) is 15.9. The van der Waals surface area contributed by atoms with E-state index in [0.29, 0.717) is 18.4 Å². The molecule has 0 spiro atoms. The number of ether oxygens (including phenoxy) is 1. The van der Waals surface area contributed by atoms with E-state index in [0.717, 1.165) is 30.2 Å². The maximum Gasteiger partial charge on any atom is 0.213 e. The van der Waals surface area contributed by atoms with E-state index in [4.69, 9.17) is 10.5 Å². The molecule has 0 radical (unpaired) electrons. The maximum atomic E-state index is 6.04. The fourth-order valence-corrected chi connectivity index (χ4v) is 3.13. The molecule has 0 bridgehead atoms. The number of hydrogen-bond acceptors (Lipinski definition) is 3. The molecule has 1 saturated carbocycles. The van der Waals surface area contributed by atoms with Gasteiger partial charge in [0.15, 0.2) is 5.96 Å². The van der Waals surface area contributed by atoms with Crippen LogP contribution in [0.2, 0.25) is 0 Å². The Morgan fingerprint density at radius 1 is 1.20 bits per heavy atom. The Balaban J connectivity index is 1.35. The number of hydrogen-bond donors (Lipinski definition) is 2. The zero-order chi connectivity index (χ0) is 17.1. The van der Waals surface area contributed by atoms with E-state index in [1.165, 1.54) is 36.8 Å². The fraction of sp³-hybridized carbons (Fsp3) is 0.400. The monoisotopic (exact) mass is 336 g/mol. The summed E-state index contributed by atoms with van der Waals surface area (Å²) in [5.74, 6) is 1.82. The first-order chi connectivity index (χ1) is 12.3. The lowest BCUT2D eigenvalue weighted by atomic mass is 10.1. The number of nitrogens with two attached hydrogens (primary N) is 1. The topological polar surface area (TPSA) is 72.5 Å². The molecule has 5 nitrogen and oxygen atoms in total. The normalized spacial score (nSPS) is 16.6. The van der Waals surface area contributed by atoms with Crippen molar-refractivity contribution >= 4 is 11.6 Å². The van der Waals surface area contributed by atoms with E-state index in [9.17, 15) is 0 Å². The molecular formula is C20H24N4O. The van der Waals surface area contributed by atoms with Crippen molar-refractivity contribution in [3.05, 3.63) is 53.2 Å². The van der Waals surface area contributed by atoms with Gasteiger partial charge in [-0.05, 0) is 72.9 Å². The first-order valence-corrected chi connectivity index (χ1v) is 9.03. The van der Waals surface area contributed by atoms with Crippen LogP contribution in [0.4, 0.5) is 5.69 Å². The quantitative estimate of drug-likeness (QED) is 0.627. The lowest BCUT2D eigenvalue weighted by Crippen LogP contribution is -2.22. The van der Waals surface area contributed by atoms with Crippen LogP contribution in [-0.4, -0.2) is 17.6 Å². The molecule has 2 aliphatic rings. The predicted octanol–water partition coefficient (Wildman–Crippen LogP) is 3.29. The molecule has 1 heterocycles. The minimum Gasteiger partial charge on any atom is -0.477 e. The van der Waals surface area contributed by atoms with Crippen LogP contribution in [0.3, 0.4) is 0 Å². The largest absolute Gasteiger partial charge is 0.477 e. The van der Waals surface area contributed by atoms with Crippen molar-refractivity contribution in [2.45, 2.75) is 38.6 Å². The van der Waals surface area contributed by atoms with Crippen molar-refractivity contribution in [1.29, 1.82) is 0 Å². The Bertz CT molecular complexity index is 783. The first-order valence-electron chi connectivity index (χ1n) is 9.03. The van der Waals surface area contributed by atoms with E-state index in [2.05, 4.69) is 33.5 Å². The smallest absolute Gasteiger partial charge is 0.213 e. The number of guanidine groups is 1. The Morgan fingerprint density at radius 2 is 2.08 bits per heavy atom. The standard InChI is InChI=1S/C20H24N4O/c21-20(24-18-7-6-16-2-1-3-17(16)11-18)23-12-15-8-9-22-19(10-15)25-13-14-4-5-14/h6-11,14H,1-5,12-13H2,(H3,21,23,24). The molecular weight excluding hydrogens is 312 g/mol. The van der Waals surface area contributed by atoms with Crippen molar-refractivity contribution in [1.82, 2.24) is 4.98 Å². The summed E-state index contributed by atoms with van der Waals surface area (Å²) in [5, 5.41) is 3.19. The minimum atomic E-state index is 0.426. The van der Waals surface area contributed by atoms with E-state index in [1.54, 1.807) is 6.20 Å². The molecule has 0 saturated heterocycles. The van der Waals surface area contributed by atoms with Crippen LogP contribution in [0, 0.1) is 5.92 Å². The van der Waals surface area contributed by atoms with Crippen LogP contribution in [0.1, 0.15) is 36.0 Å². The summed E-state index contributed by atoms with van der Waals surface area (Å²) in [5.41, 5.74) is 11.0. The number of pyridine rings is 1. The molecule has 4 rings (SSSR count). The molecule has 25 heavy (non-hydrogen) atoms. The molecule has 0 atom stereocenters. The van der Waals surface area contributed by atoms with Crippen molar-refractivity contribution in [2.24, 2.45) is 16.6 Å². The molecule has 1 aromatic carbocycles. The number of aliphatic imine (C=N–C) groups is 1. The van der Waals surface area contributed by atoms with Crippen molar-refractivity contribution < 1.29 is 4.74 Å². The SMILES string of the molecule is NC(=NCc1ccnc(OCC2CC2)c1)Nc1ccc2c(c1)CCC2. The lowest BCUT2D eigenvalue weighted by Gasteiger charge is -2.08. The van der Waals surface area contributed by atoms with Gasteiger partial charge in [-0.3, -0.25) is 0 Å². The van der Waals surface area contributed by atoms with Crippen LogP contribution < -0.4 is 15.8 Å². The van der Waals surface area contributed by atoms with Gasteiger partial charge >= 0.3 is 0 Å². The number of nitrogens with zero attached hydrogens (tertiary/aromatic N) is 2. The zero-order valence-electron chi connectivity index (χ0n) is 14.4.